The van der Waals surface area contributed by atoms with Crippen LogP contribution in [0.3, 0.4) is 0 Å². The fourth-order valence-corrected chi connectivity index (χ4v) is 1.88. The van der Waals surface area contributed by atoms with Crippen LogP contribution in [0.2, 0.25) is 0 Å². The Bertz CT molecular complexity index is 497. The molecule has 0 N–H and O–H groups in total. The number of hydrogen-bond donors (Lipinski definition) is 0. The van der Waals surface area contributed by atoms with Crippen molar-refractivity contribution in [2.45, 2.75) is 27.2 Å². The van der Waals surface area contributed by atoms with E-state index in [0.29, 0.717) is 6.42 Å². The van der Waals surface area contributed by atoms with E-state index in [9.17, 15) is 13.0 Å². The molecule has 0 unspecified atom stereocenters. The third-order valence-electron chi connectivity index (χ3n) is 2.11. The molecule has 20 heavy (non-hydrogen) atoms. The number of rotatable bonds is 2. The van der Waals surface area contributed by atoms with Crippen LogP contribution in [0.4, 0.5) is 0 Å². The van der Waals surface area contributed by atoms with E-state index < -0.39 is 10.1 Å². The van der Waals surface area contributed by atoms with Crippen LogP contribution in [-0.4, -0.2) is 18.7 Å². The highest BCUT2D eigenvalue weighted by atomic mass is 32.2. The minimum Gasteiger partial charge on any atom is -0.748 e. The van der Waals surface area contributed by atoms with Gasteiger partial charge in [0.15, 0.2) is 0 Å². The van der Waals surface area contributed by atoms with Crippen LogP contribution in [0.1, 0.15) is 27.2 Å². The predicted molar refractivity (Wildman–Crippen MR) is 86.6 cm³/mol. The van der Waals surface area contributed by atoms with Gasteiger partial charge in [-0.1, -0.05) is 69.3 Å². The SMILES string of the molecule is CC.CCCS(=O)(=O)[O-].[CH3+].c1ccc2ccccc2c1. The van der Waals surface area contributed by atoms with Gasteiger partial charge in [0.05, 0.1) is 10.1 Å². The van der Waals surface area contributed by atoms with Crippen LogP contribution in [0, 0.1) is 7.43 Å². The first-order valence-corrected chi connectivity index (χ1v) is 7.98. The second-order valence-electron chi connectivity index (χ2n) is 3.61. The van der Waals surface area contributed by atoms with E-state index in [-0.39, 0.29) is 13.2 Å². The fourth-order valence-electron chi connectivity index (χ4n) is 1.38. The zero-order valence-corrected chi connectivity index (χ0v) is 13.5. The Balaban J connectivity index is 0. The second-order valence-corrected chi connectivity index (χ2v) is 5.13. The molecule has 4 heteroatoms. The van der Waals surface area contributed by atoms with Crippen molar-refractivity contribution in [1.29, 1.82) is 0 Å². The molecule has 2 aromatic carbocycles. The van der Waals surface area contributed by atoms with E-state index >= 15 is 0 Å². The molecule has 0 heterocycles. The Morgan fingerprint density at radius 1 is 0.900 bits per heavy atom. The summed E-state index contributed by atoms with van der Waals surface area (Å²) in [4.78, 5) is 0. The molecular weight excluding hydrogens is 272 g/mol. The normalized spacial score (nSPS) is 9.40. The van der Waals surface area contributed by atoms with Crippen molar-refractivity contribution in [3.63, 3.8) is 0 Å². The van der Waals surface area contributed by atoms with E-state index in [1.54, 1.807) is 6.92 Å². The Morgan fingerprint density at radius 2 is 1.20 bits per heavy atom. The third kappa shape index (κ3) is 9.42. The van der Waals surface area contributed by atoms with Crippen LogP contribution in [0.25, 0.3) is 10.8 Å². The monoisotopic (exact) mass is 296 g/mol. The highest BCUT2D eigenvalue weighted by Gasteiger charge is 1.87. The summed E-state index contributed by atoms with van der Waals surface area (Å²) in [5, 5.41) is 2.62. The van der Waals surface area contributed by atoms with Gasteiger partial charge in [-0.3, -0.25) is 0 Å². The first kappa shape index (κ1) is 20.8. The van der Waals surface area contributed by atoms with E-state index in [1.165, 1.54) is 10.8 Å². The summed E-state index contributed by atoms with van der Waals surface area (Å²) in [5.41, 5.74) is 0. The van der Waals surface area contributed by atoms with Crippen molar-refractivity contribution in [3.8, 4) is 0 Å². The molecule has 0 aromatic heterocycles. The summed E-state index contributed by atoms with van der Waals surface area (Å²) in [6.07, 6.45) is 0.409. The van der Waals surface area contributed by atoms with Gasteiger partial charge in [-0.15, -0.1) is 0 Å². The van der Waals surface area contributed by atoms with Crippen molar-refractivity contribution in [1.82, 2.24) is 0 Å². The van der Waals surface area contributed by atoms with Gasteiger partial charge in [0.25, 0.3) is 0 Å². The van der Waals surface area contributed by atoms with E-state index in [2.05, 4.69) is 48.5 Å². The summed E-state index contributed by atoms with van der Waals surface area (Å²) in [6.45, 7) is 5.65. The molecular formula is C16H24O3S. The van der Waals surface area contributed by atoms with Crippen molar-refractivity contribution < 1.29 is 13.0 Å². The van der Waals surface area contributed by atoms with Crippen molar-refractivity contribution in [2.75, 3.05) is 5.75 Å². The van der Waals surface area contributed by atoms with Gasteiger partial charge in [-0.2, -0.15) is 0 Å². The first-order chi connectivity index (χ1) is 9.03. The molecule has 0 saturated heterocycles. The molecule has 0 atom stereocenters. The molecule has 112 valence electrons. The Morgan fingerprint density at radius 3 is 1.35 bits per heavy atom. The second kappa shape index (κ2) is 11.3. The molecule has 0 saturated carbocycles. The van der Waals surface area contributed by atoms with Gasteiger partial charge in [0, 0.05) is 13.2 Å². The smallest absolute Gasteiger partial charge is 0.0945 e. The predicted octanol–water partition coefficient (Wildman–Crippen LogP) is 4.26. The third-order valence-corrected chi connectivity index (χ3v) is 3.02. The number of benzene rings is 2. The molecule has 3 nitrogen and oxygen atoms in total. The maximum absolute atomic E-state index is 9.68. The molecule has 0 aliphatic heterocycles. The number of fused-ring (bicyclic) bond motifs is 1. The van der Waals surface area contributed by atoms with Crippen molar-refractivity contribution in [2.24, 2.45) is 0 Å². The van der Waals surface area contributed by atoms with Crippen LogP contribution in [-0.2, 0) is 10.1 Å². The minimum absolute atomic E-state index is 0. The van der Waals surface area contributed by atoms with Gasteiger partial charge in [-0.25, -0.2) is 8.42 Å². The molecule has 0 aliphatic carbocycles. The standard InChI is InChI=1S/C10H8.C3H8O3S.C2H6.CH3/c1-2-6-10-8-4-3-7-9(10)5-1;1-2-3-7(4,5)6;1-2;/h1-8H;2-3H2,1H3,(H,4,5,6);1-2H3;1H3/q;;;+1/p-1. The lowest BCUT2D eigenvalue weighted by Gasteiger charge is -2.00. The van der Waals surface area contributed by atoms with Crippen molar-refractivity contribution in [3.05, 3.63) is 56.0 Å². The van der Waals surface area contributed by atoms with Gasteiger partial charge in [-0.05, 0) is 17.2 Å². The van der Waals surface area contributed by atoms with E-state index in [0.717, 1.165) is 0 Å². The molecule has 0 spiro atoms. The van der Waals surface area contributed by atoms with Gasteiger partial charge < -0.3 is 4.55 Å². The quantitative estimate of drug-likeness (QED) is 0.614. The van der Waals surface area contributed by atoms with Crippen LogP contribution >= 0.6 is 0 Å². The summed E-state index contributed by atoms with van der Waals surface area (Å²) < 4.78 is 29.0. The Labute approximate surface area is 123 Å². The zero-order valence-electron chi connectivity index (χ0n) is 12.7. The average molecular weight is 296 g/mol. The maximum Gasteiger partial charge on any atom is 0.0945 e. The molecule has 0 radical (unpaired) electrons. The molecule has 0 amide bonds. The molecule has 0 bridgehead atoms. The lowest BCUT2D eigenvalue weighted by atomic mass is 10.1. The average Bonchev–Trinajstić information content (AvgIpc) is 2.41. The first-order valence-electron chi connectivity index (χ1n) is 6.40. The lowest BCUT2D eigenvalue weighted by Crippen LogP contribution is -2.01. The Hall–Kier alpha value is -1.52. The topological polar surface area (TPSA) is 57.2 Å². The highest BCUT2D eigenvalue weighted by Crippen LogP contribution is 2.11. The molecule has 2 aromatic rings. The van der Waals surface area contributed by atoms with Crippen LogP contribution in [0.15, 0.2) is 48.5 Å². The zero-order chi connectivity index (χ0) is 14.7. The molecule has 0 aliphatic rings. The summed E-state index contributed by atoms with van der Waals surface area (Å²) >= 11 is 0. The van der Waals surface area contributed by atoms with Gasteiger partial charge in [0.2, 0.25) is 0 Å². The van der Waals surface area contributed by atoms with Crippen molar-refractivity contribution >= 4 is 20.9 Å². The summed E-state index contributed by atoms with van der Waals surface area (Å²) in [6, 6.07) is 16.7. The molecule has 0 fully saturated rings. The Kier molecular flexibility index (Phi) is 11.8. The lowest BCUT2D eigenvalue weighted by molar-refractivity contribution is 0.462. The summed E-state index contributed by atoms with van der Waals surface area (Å²) in [5.74, 6) is -0.243. The fraction of sp³-hybridized carbons (Fsp3) is 0.312. The highest BCUT2D eigenvalue weighted by molar-refractivity contribution is 7.85. The summed E-state index contributed by atoms with van der Waals surface area (Å²) in [7, 11) is -3.92. The van der Waals surface area contributed by atoms with Crippen LogP contribution < -0.4 is 0 Å². The maximum atomic E-state index is 9.68. The van der Waals surface area contributed by atoms with E-state index in [1.807, 2.05) is 13.8 Å². The molecule has 2 rings (SSSR count). The van der Waals surface area contributed by atoms with E-state index in [4.69, 9.17) is 0 Å². The largest absolute Gasteiger partial charge is 0.748 e. The van der Waals surface area contributed by atoms with Gasteiger partial charge >= 0.3 is 0 Å². The minimum atomic E-state index is -3.92. The van der Waals surface area contributed by atoms with Crippen LogP contribution in [0.5, 0.6) is 0 Å². The number of hydrogen-bond acceptors (Lipinski definition) is 3. The van der Waals surface area contributed by atoms with Gasteiger partial charge in [0.1, 0.15) is 0 Å².